The Hall–Kier alpha value is -2.69. The van der Waals surface area contributed by atoms with Gasteiger partial charge in [0.25, 0.3) is 0 Å². The quantitative estimate of drug-likeness (QED) is 0.439. The number of alkyl halides is 3. The molecule has 0 aliphatic rings. The van der Waals surface area contributed by atoms with Crippen LogP contribution in [0, 0.1) is 11.6 Å². The molecule has 0 spiro atoms. The number of aliphatic carboxylic acids is 1. The fourth-order valence-electron chi connectivity index (χ4n) is 2.28. The standard InChI is InChI=1S/C15H13F2N3S.C2HF3O2/c16-11-1-2-12(17)9(6-11)5-10(8-21)15-19-13-3-4-18-7-14(13)20-15;3-2(4,5)1(6)7/h1-4,6-7,10,21H,5,8H2,(H,19,20);(H,6,7)/t10-;/m1./s1. The van der Waals surface area contributed by atoms with E-state index in [0.717, 1.165) is 23.2 Å². The van der Waals surface area contributed by atoms with Gasteiger partial charge in [0.2, 0.25) is 0 Å². The van der Waals surface area contributed by atoms with Crippen LogP contribution < -0.4 is 0 Å². The zero-order valence-electron chi connectivity index (χ0n) is 14.0. The lowest BCUT2D eigenvalue weighted by atomic mass is 10.00. The highest BCUT2D eigenvalue weighted by Crippen LogP contribution is 2.24. The summed E-state index contributed by atoms with van der Waals surface area (Å²) < 4.78 is 58.7. The van der Waals surface area contributed by atoms with Gasteiger partial charge in [0.15, 0.2) is 0 Å². The van der Waals surface area contributed by atoms with Crippen LogP contribution in [0.15, 0.2) is 36.7 Å². The van der Waals surface area contributed by atoms with Gasteiger partial charge in [0.1, 0.15) is 17.5 Å². The van der Waals surface area contributed by atoms with E-state index in [1.165, 1.54) is 6.07 Å². The molecule has 0 saturated heterocycles. The molecule has 0 aliphatic carbocycles. The molecule has 0 amide bonds. The summed E-state index contributed by atoms with van der Waals surface area (Å²) in [6.07, 6.45) is -1.40. The molecule has 11 heteroatoms. The average Bonchev–Trinajstić information content (AvgIpc) is 3.06. The largest absolute Gasteiger partial charge is 0.490 e. The number of carbonyl (C=O) groups is 1. The van der Waals surface area contributed by atoms with E-state index < -0.39 is 23.8 Å². The van der Waals surface area contributed by atoms with Gasteiger partial charge in [-0.3, -0.25) is 4.98 Å². The summed E-state index contributed by atoms with van der Waals surface area (Å²) in [5.74, 6) is -2.57. The number of aromatic nitrogens is 3. The molecule has 150 valence electrons. The van der Waals surface area contributed by atoms with E-state index in [0.29, 0.717) is 23.6 Å². The molecule has 5 nitrogen and oxygen atoms in total. The Labute approximate surface area is 161 Å². The molecule has 1 aromatic carbocycles. The highest BCUT2D eigenvalue weighted by atomic mass is 32.1. The molecule has 0 saturated carbocycles. The van der Waals surface area contributed by atoms with Crippen LogP contribution in [-0.2, 0) is 11.2 Å². The van der Waals surface area contributed by atoms with Crippen LogP contribution in [0.5, 0.6) is 0 Å². The number of halogens is 5. The van der Waals surface area contributed by atoms with Crippen molar-refractivity contribution in [1.82, 2.24) is 15.0 Å². The first-order valence-corrected chi connectivity index (χ1v) is 8.39. The number of hydrogen-bond donors (Lipinski definition) is 3. The molecular formula is C17H14F5N3O2S. The predicted molar refractivity (Wildman–Crippen MR) is 94.2 cm³/mol. The summed E-state index contributed by atoms with van der Waals surface area (Å²) in [6, 6.07) is 5.27. The van der Waals surface area contributed by atoms with Crippen molar-refractivity contribution in [3.05, 3.63) is 59.7 Å². The summed E-state index contributed by atoms with van der Waals surface area (Å²) in [6.45, 7) is 0. The number of H-pyrrole nitrogens is 1. The van der Waals surface area contributed by atoms with E-state index in [4.69, 9.17) is 9.90 Å². The number of carboxylic acid groups (broad SMARTS) is 1. The molecule has 28 heavy (non-hydrogen) atoms. The second-order valence-electron chi connectivity index (χ2n) is 5.64. The third-order valence-corrected chi connectivity index (χ3v) is 4.07. The second kappa shape index (κ2) is 9.00. The van der Waals surface area contributed by atoms with Gasteiger partial charge in [-0.2, -0.15) is 25.8 Å². The summed E-state index contributed by atoms with van der Waals surface area (Å²) in [4.78, 5) is 20.6. The Morgan fingerprint density at radius 3 is 2.50 bits per heavy atom. The van der Waals surface area contributed by atoms with Gasteiger partial charge >= 0.3 is 12.1 Å². The average molecular weight is 419 g/mol. The molecule has 2 heterocycles. The van der Waals surface area contributed by atoms with Gasteiger partial charge in [-0.25, -0.2) is 18.6 Å². The van der Waals surface area contributed by atoms with Crippen molar-refractivity contribution in [2.24, 2.45) is 0 Å². The number of rotatable bonds is 4. The Morgan fingerprint density at radius 2 is 1.93 bits per heavy atom. The molecule has 3 aromatic rings. The molecule has 0 fully saturated rings. The molecule has 2 aromatic heterocycles. The Bertz CT molecular complexity index is 928. The highest BCUT2D eigenvalue weighted by molar-refractivity contribution is 7.80. The van der Waals surface area contributed by atoms with Crippen LogP contribution in [0.3, 0.4) is 0 Å². The van der Waals surface area contributed by atoms with Crippen molar-refractivity contribution in [2.45, 2.75) is 18.5 Å². The van der Waals surface area contributed by atoms with Crippen molar-refractivity contribution in [2.75, 3.05) is 5.75 Å². The molecule has 0 unspecified atom stereocenters. The Kier molecular flexibility index (Phi) is 6.95. The Morgan fingerprint density at radius 1 is 1.25 bits per heavy atom. The fourth-order valence-corrected chi connectivity index (χ4v) is 2.58. The topological polar surface area (TPSA) is 78.9 Å². The molecule has 2 N–H and O–H groups in total. The van der Waals surface area contributed by atoms with Crippen molar-refractivity contribution >= 4 is 29.6 Å². The summed E-state index contributed by atoms with van der Waals surface area (Å²) in [5, 5.41) is 7.12. The number of pyridine rings is 1. The zero-order chi connectivity index (χ0) is 20.9. The maximum atomic E-state index is 13.8. The number of aromatic amines is 1. The number of benzene rings is 1. The van der Waals surface area contributed by atoms with Crippen LogP contribution in [0.25, 0.3) is 11.0 Å². The summed E-state index contributed by atoms with van der Waals surface area (Å²) >= 11 is 4.31. The lowest BCUT2D eigenvalue weighted by molar-refractivity contribution is -0.192. The fraction of sp³-hybridized carbons (Fsp3) is 0.235. The first-order valence-electron chi connectivity index (χ1n) is 7.76. The minimum Gasteiger partial charge on any atom is -0.475 e. The van der Waals surface area contributed by atoms with E-state index in [1.54, 1.807) is 18.5 Å². The van der Waals surface area contributed by atoms with Gasteiger partial charge in [0, 0.05) is 17.9 Å². The monoisotopic (exact) mass is 419 g/mol. The molecule has 0 bridgehead atoms. The van der Waals surface area contributed by atoms with Crippen LogP contribution in [0.2, 0.25) is 0 Å². The first-order chi connectivity index (χ1) is 13.1. The molecular weight excluding hydrogens is 405 g/mol. The van der Waals surface area contributed by atoms with Gasteiger partial charge in [0.05, 0.1) is 17.2 Å². The minimum absolute atomic E-state index is 0.128. The lowest BCUT2D eigenvalue weighted by Crippen LogP contribution is -2.21. The third-order valence-electron chi connectivity index (χ3n) is 3.63. The molecule has 0 aliphatic heterocycles. The first kappa shape index (κ1) is 21.6. The van der Waals surface area contributed by atoms with Crippen molar-refractivity contribution in [3.63, 3.8) is 0 Å². The van der Waals surface area contributed by atoms with E-state index in [-0.39, 0.29) is 5.92 Å². The maximum Gasteiger partial charge on any atom is 0.490 e. The molecule has 1 atom stereocenters. The molecule has 3 rings (SSSR count). The van der Waals surface area contributed by atoms with Gasteiger partial charge < -0.3 is 10.1 Å². The maximum absolute atomic E-state index is 13.8. The number of nitrogens with one attached hydrogen (secondary N) is 1. The summed E-state index contributed by atoms with van der Waals surface area (Å²) in [5.41, 5.74) is 1.94. The number of imidazole rings is 1. The van der Waals surface area contributed by atoms with Gasteiger partial charge in [-0.1, -0.05) is 0 Å². The molecule has 0 radical (unpaired) electrons. The van der Waals surface area contributed by atoms with E-state index in [1.807, 2.05) is 0 Å². The second-order valence-corrected chi connectivity index (χ2v) is 6.00. The highest BCUT2D eigenvalue weighted by Gasteiger charge is 2.38. The number of fused-ring (bicyclic) bond motifs is 1. The van der Waals surface area contributed by atoms with Crippen LogP contribution in [0.1, 0.15) is 17.3 Å². The van der Waals surface area contributed by atoms with Crippen LogP contribution >= 0.6 is 12.6 Å². The van der Waals surface area contributed by atoms with Gasteiger partial charge in [-0.15, -0.1) is 0 Å². The number of carboxylic acids is 1. The smallest absolute Gasteiger partial charge is 0.475 e. The Balaban J connectivity index is 0.000000345. The zero-order valence-corrected chi connectivity index (χ0v) is 14.9. The lowest BCUT2D eigenvalue weighted by Gasteiger charge is -2.12. The van der Waals surface area contributed by atoms with Gasteiger partial charge in [-0.05, 0) is 36.2 Å². The van der Waals surface area contributed by atoms with Crippen molar-refractivity contribution in [1.29, 1.82) is 0 Å². The van der Waals surface area contributed by atoms with E-state index in [2.05, 4.69) is 27.6 Å². The van der Waals surface area contributed by atoms with Crippen molar-refractivity contribution in [3.8, 4) is 0 Å². The number of thiol groups is 1. The summed E-state index contributed by atoms with van der Waals surface area (Å²) in [7, 11) is 0. The minimum atomic E-state index is -5.08. The number of nitrogens with zero attached hydrogens (tertiary/aromatic N) is 2. The number of hydrogen-bond acceptors (Lipinski definition) is 4. The predicted octanol–water partition coefficient (Wildman–Crippen LogP) is 4.13. The SMILES string of the molecule is Fc1ccc(F)c(C[C@H](CS)c2nc3ccncc3[nH]2)c1.O=C(O)C(F)(F)F. The van der Waals surface area contributed by atoms with Crippen molar-refractivity contribution < 1.29 is 31.9 Å². The normalized spacial score (nSPS) is 12.4. The van der Waals surface area contributed by atoms with Crippen LogP contribution in [-0.4, -0.2) is 38.0 Å². The van der Waals surface area contributed by atoms with E-state index in [9.17, 15) is 22.0 Å². The third kappa shape index (κ3) is 5.65. The van der Waals surface area contributed by atoms with Crippen LogP contribution in [0.4, 0.5) is 22.0 Å². The van der Waals surface area contributed by atoms with E-state index >= 15 is 0 Å².